The molecule has 2 aromatic rings. The largest absolute Gasteiger partial charge is 0.419 e. The molecule has 0 saturated carbocycles. The van der Waals surface area contributed by atoms with Gasteiger partial charge in [0, 0.05) is 16.3 Å². The van der Waals surface area contributed by atoms with Gasteiger partial charge < -0.3 is 5.32 Å². The van der Waals surface area contributed by atoms with Crippen molar-refractivity contribution in [3.63, 3.8) is 0 Å². The van der Waals surface area contributed by atoms with Crippen molar-refractivity contribution >= 4 is 11.3 Å². The van der Waals surface area contributed by atoms with Crippen molar-refractivity contribution in [1.29, 1.82) is 0 Å². The van der Waals surface area contributed by atoms with Crippen molar-refractivity contribution < 1.29 is 17.6 Å². The lowest BCUT2D eigenvalue weighted by atomic mass is 10.1. The van der Waals surface area contributed by atoms with Crippen LogP contribution >= 0.6 is 11.3 Å². The smallest absolute Gasteiger partial charge is 0.312 e. The third-order valence-electron chi connectivity index (χ3n) is 2.77. The molecule has 1 heterocycles. The SMILES string of the molecule is CCNCc1ccc(-c2ccc(F)c(C(F)(F)F)c2)s1. The lowest BCUT2D eigenvalue weighted by molar-refractivity contribution is -0.139. The van der Waals surface area contributed by atoms with Gasteiger partial charge in [-0.1, -0.05) is 13.0 Å². The lowest BCUT2D eigenvalue weighted by Gasteiger charge is -2.09. The number of hydrogen-bond donors (Lipinski definition) is 1. The summed E-state index contributed by atoms with van der Waals surface area (Å²) in [6, 6.07) is 6.71. The lowest BCUT2D eigenvalue weighted by Crippen LogP contribution is -2.10. The molecule has 6 heteroatoms. The van der Waals surface area contributed by atoms with Crippen LogP contribution in [0.4, 0.5) is 17.6 Å². The minimum atomic E-state index is -4.68. The molecule has 20 heavy (non-hydrogen) atoms. The number of alkyl halides is 3. The van der Waals surface area contributed by atoms with Crippen LogP contribution < -0.4 is 5.32 Å². The predicted molar refractivity (Wildman–Crippen MR) is 72.1 cm³/mol. The molecule has 0 fully saturated rings. The van der Waals surface area contributed by atoms with Gasteiger partial charge in [0.25, 0.3) is 0 Å². The van der Waals surface area contributed by atoms with E-state index in [9.17, 15) is 17.6 Å². The Hall–Kier alpha value is -1.40. The van der Waals surface area contributed by atoms with Gasteiger partial charge in [-0.3, -0.25) is 0 Å². The van der Waals surface area contributed by atoms with Crippen LogP contribution in [0, 0.1) is 5.82 Å². The third kappa shape index (κ3) is 3.37. The fraction of sp³-hybridized carbons (Fsp3) is 0.286. The maximum Gasteiger partial charge on any atom is 0.419 e. The average molecular weight is 303 g/mol. The average Bonchev–Trinajstić information content (AvgIpc) is 2.84. The second-order valence-corrected chi connectivity index (χ2v) is 5.41. The first-order chi connectivity index (χ1) is 9.41. The van der Waals surface area contributed by atoms with E-state index < -0.39 is 17.6 Å². The summed E-state index contributed by atoms with van der Waals surface area (Å²) in [7, 11) is 0. The summed E-state index contributed by atoms with van der Waals surface area (Å²) in [6.45, 7) is 3.47. The van der Waals surface area contributed by atoms with E-state index in [4.69, 9.17) is 0 Å². The van der Waals surface area contributed by atoms with Crippen molar-refractivity contribution in [2.75, 3.05) is 6.54 Å². The number of halogens is 4. The van der Waals surface area contributed by atoms with Crippen molar-refractivity contribution in [2.24, 2.45) is 0 Å². The van der Waals surface area contributed by atoms with Gasteiger partial charge in [0.2, 0.25) is 0 Å². The summed E-state index contributed by atoms with van der Waals surface area (Å²) >= 11 is 1.40. The molecule has 1 aromatic heterocycles. The van der Waals surface area contributed by atoms with Gasteiger partial charge in [-0.15, -0.1) is 11.3 Å². The number of hydrogen-bond acceptors (Lipinski definition) is 2. The maximum atomic E-state index is 13.2. The highest BCUT2D eigenvalue weighted by atomic mass is 32.1. The Labute approximate surface area is 118 Å². The van der Waals surface area contributed by atoms with E-state index in [1.807, 2.05) is 13.0 Å². The molecule has 0 aliphatic rings. The summed E-state index contributed by atoms with van der Waals surface area (Å²) in [5.41, 5.74) is -0.844. The molecule has 0 aliphatic heterocycles. The van der Waals surface area contributed by atoms with E-state index in [2.05, 4.69) is 5.32 Å². The maximum absolute atomic E-state index is 13.2. The minimum Gasteiger partial charge on any atom is -0.312 e. The fourth-order valence-corrected chi connectivity index (χ4v) is 2.75. The van der Waals surface area contributed by atoms with E-state index in [0.717, 1.165) is 23.6 Å². The van der Waals surface area contributed by atoms with E-state index in [1.54, 1.807) is 6.07 Å². The Morgan fingerprint density at radius 1 is 1.15 bits per heavy atom. The van der Waals surface area contributed by atoms with E-state index in [1.165, 1.54) is 17.4 Å². The van der Waals surface area contributed by atoms with Crippen molar-refractivity contribution in [3.05, 3.63) is 46.6 Å². The molecule has 1 aromatic carbocycles. The summed E-state index contributed by atoms with van der Waals surface area (Å²) in [5.74, 6) is -1.24. The molecule has 0 amide bonds. The van der Waals surface area contributed by atoms with E-state index in [0.29, 0.717) is 17.0 Å². The van der Waals surface area contributed by atoms with Crippen molar-refractivity contribution in [3.8, 4) is 10.4 Å². The van der Waals surface area contributed by atoms with Gasteiger partial charge in [-0.25, -0.2) is 4.39 Å². The molecular formula is C14H13F4NS. The summed E-state index contributed by atoms with van der Waals surface area (Å²) in [4.78, 5) is 1.73. The molecule has 0 aliphatic carbocycles. The van der Waals surface area contributed by atoms with Crippen LogP contribution in [0.5, 0.6) is 0 Å². The number of rotatable bonds is 4. The zero-order chi connectivity index (χ0) is 14.8. The molecular weight excluding hydrogens is 290 g/mol. The van der Waals surface area contributed by atoms with E-state index >= 15 is 0 Å². The fourth-order valence-electron chi connectivity index (χ4n) is 1.77. The first-order valence-electron chi connectivity index (χ1n) is 6.08. The monoisotopic (exact) mass is 303 g/mol. The number of benzene rings is 1. The van der Waals surface area contributed by atoms with Gasteiger partial charge in [-0.2, -0.15) is 13.2 Å². The molecule has 0 saturated heterocycles. The molecule has 0 spiro atoms. The Kier molecular flexibility index (Phi) is 4.45. The number of nitrogens with one attached hydrogen (secondary N) is 1. The summed E-state index contributed by atoms with van der Waals surface area (Å²) in [5, 5.41) is 3.14. The zero-order valence-corrected chi connectivity index (χ0v) is 11.5. The Balaban J connectivity index is 2.31. The second kappa shape index (κ2) is 5.93. The van der Waals surface area contributed by atoms with Gasteiger partial charge >= 0.3 is 6.18 Å². The highest BCUT2D eigenvalue weighted by Gasteiger charge is 2.34. The minimum absolute atomic E-state index is 0.381. The summed E-state index contributed by atoms with van der Waals surface area (Å²) in [6.07, 6.45) is -4.68. The van der Waals surface area contributed by atoms with Gasteiger partial charge in [0.1, 0.15) is 5.82 Å². The zero-order valence-electron chi connectivity index (χ0n) is 10.7. The first-order valence-corrected chi connectivity index (χ1v) is 6.90. The summed E-state index contributed by atoms with van der Waals surface area (Å²) < 4.78 is 51.2. The quantitative estimate of drug-likeness (QED) is 0.809. The topological polar surface area (TPSA) is 12.0 Å². The molecule has 1 N–H and O–H groups in total. The normalized spacial score (nSPS) is 11.8. The first kappa shape index (κ1) is 15.0. The molecule has 0 atom stereocenters. The van der Waals surface area contributed by atoms with Crippen molar-refractivity contribution in [2.45, 2.75) is 19.6 Å². The molecule has 0 bridgehead atoms. The highest BCUT2D eigenvalue weighted by Crippen LogP contribution is 2.36. The van der Waals surface area contributed by atoms with Crippen LogP contribution in [0.25, 0.3) is 10.4 Å². The van der Waals surface area contributed by atoms with Crippen LogP contribution in [0.15, 0.2) is 30.3 Å². The van der Waals surface area contributed by atoms with Crippen LogP contribution in [0.2, 0.25) is 0 Å². The molecule has 2 rings (SSSR count). The van der Waals surface area contributed by atoms with Crippen LogP contribution in [-0.4, -0.2) is 6.54 Å². The predicted octanol–water partition coefficient (Wildman–Crippen LogP) is 4.68. The van der Waals surface area contributed by atoms with Gasteiger partial charge in [0.05, 0.1) is 5.56 Å². The van der Waals surface area contributed by atoms with Crippen LogP contribution in [0.1, 0.15) is 17.4 Å². The van der Waals surface area contributed by atoms with Crippen molar-refractivity contribution in [1.82, 2.24) is 5.32 Å². The Morgan fingerprint density at radius 2 is 1.90 bits per heavy atom. The molecule has 0 radical (unpaired) electrons. The third-order valence-corrected chi connectivity index (χ3v) is 3.90. The van der Waals surface area contributed by atoms with Crippen LogP contribution in [0.3, 0.4) is 0 Å². The highest BCUT2D eigenvalue weighted by molar-refractivity contribution is 7.15. The second-order valence-electron chi connectivity index (χ2n) is 4.24. The van der Waals surface area contributed by atoms with E-state index in [-0.39, 0.29) is 0 Å². The Bertz CT molecular complexity index is 589. The molecule has 1 nitrogen and oxygen atoms in total. The number of thiophene rings is 1. The molecule has 0 unspecified atom stereocenters. The molecule has 108 valence electrons. The van der Waals surface area contributed by atoms with Crippen LogP contribution in [-0.2, 0) is 12.7 Å². The van der Waals surface area contributed by atoms with Gasteiger partial charge in [-0.05, 0) is 36.4 Å². The Morgan fingerprint density at radius 3 is 2.55 bits per heavy atom. The standard InChI is InChI=1S/C14H13F4NS/c1-2-19-8-10-4-6-13(20-10)9-3-5-12(15)11(7-9)14(16,17)18/h3-7,19H,2,8H2,1H3. The van der Waals surface area contributed by atoms with Gasteiger partial charge in [0.15, 0.2) is 0 Å².